The van der Waals surface area contributed by atoms with Crippen LogP contribution in [0.1, 0.15) is 42.9 Å². The van der Waals surface area contributed by atoms with Crippen molar-refractivity contribution in [2.75, 3.05) is 6.54 Å². The van der Waals surface area contributed by atoms with Crippen LogP contribution in [0, 0.1) is 5.82 Å². The second-order valence-electron chi connectivity index (χ2n) is 6.28. The van der Waals surface area contributed by atoms with E-state index in [1.807, 2.05) is 35.2 Å². The van der Waals surface area contributed by atoms with Gasteiger partial charge in [-0.1, -0.05) is 35.9 Å². The van der Waals surface area contributed by atoms with E-state index in [-0.39, 0.29) is 17.8 Å². The van der Waals surface area contributed by atoms with Gasteiger partial charge in [-0.3, -0.25) is 4.79 Å². The second-order valence-corrected chi connectivity index (χ2v) is 6.72. The largest absolute Gasteiger partial charge is 0.336 e. The van der Waals surface area contributed by atoms with E-state index in [0.717, 1.165) is 42.8 Å². The summed E-state index contributed by atoms with van der Waals surface area (Å²) in [6, 6.07) is 14.4. The Morgan fingerprint density at radius 3 is 2.75 bits per heavy atom. The zero-order chi connectivity index (χ0) is 16.9. The maximum atomic E-state index is 13.5. The molecule has 2 aromatic rings. The lowest BCUT2D eigenvalue weighted by atomic mass is 10.0. The number of benzene rings is 2. The van der Waals surface area contributed by atoms with Gasteiger partial charge in [0.15, 0.2) is 0 Å². The maximum Gasteiger partial charge on any atom is 0.223 e. The number of hydrogen-bond donors (Lipinski definition) is 0. The van der Waals surface area contributed by atoms with Crippen LogP contribution < -0.4 is 0 Å². The fourth-order valence-corrected chi connectivity index (χ4v) is 3.49. The predicted molar refractivity (Wildman–Crippen MR) is 94.5 cm³/mol. The first-order valence-electron chi connectivity index (χ1n) is 8.43. The van der Waals surface area contributed by atoms with E-state index in [1.54, 1.807) is 12.1 Å². The summed E-state index contributed by atoms with van der Waals surface area (Å²) in [5.41, 5.74) is 2.09. The van der Waals surface area contributed by atoms with Crippen molar-refractivity contribution in [3.63, 3.8) is 0 Å². The van der Waals surface area contributed by atoms with Gasteiger partial charge in [0.05, 0.1) is 6.04 Å². The number of carbonyl (C=O) groups excluding carboxylic acids is 1. The van der Waals surface area contributed by atoms with E-state index in [1.165, 1.54) is 11.6 Å². The Kier molecular flexibility index (Phi) is 5.52. The van der Waals surface area contributed by atoms with Crippen LogP contribution in [-0.4, -0.2) is 17.4 Å². The van der Waals surface area contributed by atoms with E-state index in [9.17, 15) is 9.18 Å². The molecule has 1 saturated heterocycles. The summed E-state index contributed by atoms with van der Waals surface area (Å²) in [6.07, 6.45) is 4.08. The molecule has 1 amide bonds. The lowest BCUT2D eigenvalue weighted by Gasteiger charge is -2.25. The minimum atomic E-state index is -0.241. The maximum absolute atomic E-state index is 13.5. The third-order valence-electron chi connectivity index (χ3n) is 4.58. The van der Waals surface area contributed by atoms with Crippen molar-refractivity contribution in [1.29, 1.82) is 0 Å². The van der Waals surface area contributed by atoms with Crippen molar-refractivity contribution in [2.24, 2.45) is 0 Å². The highest BCUT2D eigenvalue weighted by atomic mass is 35.5. The van der Waals surface area contributed by atoms with Gasteiger partial charge in [-0.05, 0) is 61.1 Å². The Balaban J connectivity index is 1.56. The minimum absolute atomic E-state index is 0.0173. The highest BCUT2D eigenvalue weighted by Crippen LogP contribution is 2.32. The minimum Gasteiger partial charge on any atom is -0.336 e. The third-order valence-corrected chi connectivity index (χ3v) is 4.83. The summed E-state index contributed by atoms with van der Waals surface area (Å²) >= 11 is 5.88. The molecule has 0 saturated carbocycles. The molecule has 2 nitrogen and oxygen atoms in total. The number of nitrogens with zero attached hydrogens (tertiary/aromatic N) is 1. The monoisotopic (exact) mass is 345 g/mol. The van der Waals surface area contributed by atoms with Gasteiger partial charge in [0.1, 0.15) is 5.82 Å². The average molecular weight is 346 g/mol. The molecule has 1 atom stereocenters. The van der Waals surface area contributed by atoms with Crippen LogP contribution in [0.2, 0.25) is 5.02 Å². The number of amides is 1. The fraction of sp³-hybridized carbons (Fsp3) is 0.350. The Bertz CT molecular complexity index is 701. The predicted octanol–water partition coefficient (Wildman–Crippen LogP) is 5.17. The normalized spacial score (nSPS) is 17.2. The van der Waals surface area contributed by atoms with Crippen molar-refractivity contribution in [1.82, 2.24) is 4.90 Å². The molecule has 0 aromatic heterocycles. The molecule has 3 rings (SSSR count). The van der Waals surface area contributed by atoms with Crippen molar-refractivity contribution in [2.45, 2.75) is 38.1 Å². The molecular formula is C20H21ClFNO. The van der Waals surface area contributed by atoms with Crippen molar-refractivity contribution < 1.29 is 9.18 Å². The van der Waals surface area contributed by atoms with Crippen molar-refractivity contribution in [3.05, 3.63) is 70.5 Å². The van der Waals surface area contributed by atoms with Crippen LogP contribution in [0.5, 0.6) is 0 Å². The molecule has 0 unspecified atom stereocenters. The van der Waals surface area contributed by atoms with Crippen LogP contribution in [0.3, 0.4) is 0 Å². The second kappa shape index (κ2) is 7.80. The molecular weight excluding hydrogens is 325 g/mol. The molecule has 0 bridgehead atoms. The molecule has 1 aliphatic rings. The molecule has 0 N–H and O–H groups in total. The molecule has 1 fully saturated rings. The van der Waals surface area contributed by atoms with E-state index in [2.05, 4.69) is 0 Å². The topological polar surface area (TPSA) is 20.3 Å². The third kappa shape index (κ3) is 4.15. The Morgan fingerprint density at radius 1 is 1.21 bits per heavy atom. The van der Waals surface area contributed by atoms with Crippen LogP contribution in [0.4, 0.5) is 4.39 Å². The summed E-state index contributed by atoms with van der Waals surface area (Å²) in [7, 11) is 0. The van der Waals surface area contributed by atoms with E-state index in [4.69, 9.17) is 11.6 Å². The molecule has 0 spiro atoms. The first-order chi connectivity index (χ1) is 11.6. The number of hydrogen-bond acceptors (Lipinski definition) is 1. The number of halogens is 2. The molecule has 2 aromatic carbocycles. The Morgan fingerprint density at radius 2 is 2.00 bits per heavy atom. The van der Waals surface area contributed by atoms with E-state index < -0.39 is 0 Å². The summed E-state index contributed by atoms with van der Waals surface area (Å²) in [6.45, 7) is 0.765. The molecule has 0 aliphatic carbocycles. The lowest BCUT2D eigenvalue weighted by Crippen LogP contribution is -2.30. The molecule has 24 heavy (non-hydrogen) atoms. The van der Waals surface area contributed by atoms with Crippen molar-refractivity contribution in [3.8, 4) is 0 Å². The van der Waals surface area contributed by atoms with Crippen molar-refractivity contribution >= 4 is 17.5 Å². The standard InChI is InChI=1S/C20H21ClFNO/c21-17-11-9-15(10-12-17)4-1-8-20(24)23-13-3-7-19(23)16-5-2-6-18(22)14-16/h2,5-6,9-12,14,19H,1,3-4,7-8,13H2/t19-/m0/s1. The number of rotatable bonds is 5. The van der Waals surface area contributed by atoms with Crippen LogP contribution in [0.25, 0.3) is 0 Å². The van der Waals surface area contributed by atoms with E-state index >= 15 is 0 Å². The van der Waals surface area contributed by atoms with Gasteiger partial charge in [-0.2, -0.15) is 0 Å². The summed E-state index contributed by atoms with van der Waals surface area (Å²) in [5.74, 6) is -0.0785. The van der Waals surface area contributed by atoms with Crippen LogP contribution in [-0.2, 0) is 11.2 Å². The van der Waals surface area contributed by atoms with E-state index in [0.29, 0.717) is 6.42 Å². The zero-order valence-electron chi connectivity index (χ0n) is 13.6. The molecule has 4 heteroatoms. The molecule has 0 radical (unpaired) electrons. The smallest absolute Gasteiger partial charge is 0.223 e. The molecule has 1 aliphatic heterocycles. The Labute approximate surface area is 147 Å². The first kappa shape index (κ1) is 17.0. The van der Waals surface area contributed by atoms with Crippen LogP contribution in [0.15, 0.2) is 48.5 Å². The SMILES string of the molecule is O=C(CCCc1ccc(Cl)cc1)N1CCC[C@H]1c1cccc(F)c1. The first-order valence-corrected chi connectivity index (χ1v) is 8.80. The zero-order valence-corrected chi connectivity index (χ0v) is 14.3. The number of carbonyl (C=O) groups is 1. The summed E-state index contributed by atoms with van der Waals surface area (Å²) in [5, 5.41) is 0.727. The van der Waals surface area contributed by atoms with Gasteiger partial charge in [-0.15, -0.1) is 0 Å². The van der Waals surface area contributed by atoms with Crippen LogP contribution >= 0.6 is 11.6 Å². The summed E-state index contributed by atoms with van der Waals surface area (Å²) in [4.78, 5) is 14.5. The number of likely N-dealkylation sites (tertiary alicyclic amines) is 1. The highest BCUT2D eigenvalue weighted by Gasteiger charge is 2.29. The highest BCUT2D eigenvalue weighted by molar-refractivity contribution is 6.30. The van der Waals surface area contributed by atoms with Gasteiger partial charge in [0.25, 0.3) is 0 Å². The molecule has 1 heterocycles. The fourth-order valence-electron chi connectivity index (χ4n) is 3.36. The average Bonchev–Trinajstić information content (AvgIpc) is 3.06. The Hall–Kier alpha value is -1.87. The lowest BCUT2D eigenvalue weighted by molar-refractivity contribution is -0.132. The van der Waals surface area contributed by atoms with Gasteiger partial charge >= 0.3 is 0 Å². The van der Waals surface area contributed by atoms with Gasteiger partial charge < -0.3 is 4.90 Å². The quantitative estimate of drug-likeness (QED) is 0.732. The summed E-state index contributed by atoms with van der Waals surface area (Å²) < 4.78 is 13.5. The molecule has 126 valence electrons. The number of aryl methyl sites for hydroxylation is 1. The van der Waals surface area contributed by atoms with Gasteiger partial charge in [-0.25, -0.2) is 4.39 Å². The van der Waals surface area contributed by atoms with Gasteiger partial charge in [0.2, 0.25) is 5.91 Å². The van der Waals surface area contributed by atoms with Gasteiger partial charge in [0, 0.05) is 18.0 Å².